The fourth-order valence-corrected chi connectivity index (χ4v) is 3.56. The number of amides is 1. The number of carbonyl (C=O) groups is 1. The highest BCUT2D eigenvalue weighted by Crippen LogP contribution is 2.37. The van der Waals surface area contributed by atoms with Crippen molar-refractivity contribution in [3.63, 3.8) is 0 Å². The smallest absolute Gasteiger partial charge is 0.242 e. The number of hydrogen-bond donors (Lipinski definition) is 2. The number of ether oxygens (including phenoxy) is 2. The number of rotatable bonds is 4. The van der Waals surface area contributed by atoms with E-state index in [9.17, 15) is 4.79 Å². The van der Waals surface area contributed by atoms with Gasteiger partial charge in [0.05, 0.1) is 11.8 Å². The predicted octanol–water partition coefficient (Wildman–Crippen LogP) is 2.26. The molecule has 146 valence electrons. The lowest BCUT2D eigenvalue weighted by Gasteiger charge is -2.23. The van der Waals surface area contributed by atoms with Crippen LogP contribution in [0.25, 0.3) is 0 Å². The van der Waals surface area contributed by atoms with Crippen LogP contribution in [0, 0.1) is 0 Å². The maximum Gasteiger partial charge on any atom is 0.242 e. The molecule has 0 saturated carbocycles. The molecular formula is C21H24N4O3. The highest BCUT2D eigenvalue weighted by molar-refractivity contribution is 6.14. The van der Waals surface area contributed by atoms with Crippen molar-refractivity contribution in [1.29, 1.82) is 0 Å². The molecule has 0 fully saturated rings. The minimum atomic E-state index is -0.0873. The summed E-state index contributed by atoms with van der Waals surface area (Å²) in [6, 6.07) is 11.4. The summed E-state index contributed by atoms with van der Waals surface area (Å²) in [7, 11) is 0. The molecule has 28 heavy (non-hydrogen) atoms. The predicted molar refractivity (Wildman–Crippen MR) is 107 cm³/mol. The average Bonchev–Trinajstić information content (AvgIpc) is 3.09. The molecule has 7 heteroatoms. The van der Waals surface area contributed by atoms with Crippen LogP contribution in [-0.4, -0.2) is 36.0 Å². The Morgan fingerprint density at radius 3 is 2.64 bits per heavy atom. The molecule has 2 aliphatic rings. The lowest BCUT2D eigenvalue weighted by molar-refractivity contribution is -0.133. The molecule has 0 radical (unpaired) electrons. The molecule has 2 aromatic rings. The van der Waals surface area contributed by atoms with Crippen LogP contribution >= 0.6 is 0 Å². The van der Waals surface area contributed by atoms with E-state index in [1.807, 2.05) is 43.3 Å². The Kier molecular flexibility index (Phi) is 4.92. The number of hydrogen-bond acceptors (Lipinski definition) is 6. The second-order valence-electron chi connectivity index (χ2n) is 7.12. The van der Waals surface area contributed by atoms with E-state index in [1.54, 1.807) is 5.01 Å². The van der Waals surface area contributed by atoms with Crippen molar-refractivity contribution in [2.45, 2.75) is 32.2 Å². The lowest BCUT2D eigenvalue weighted by Crippen LogP contribution is -2.35. The van der Waals surface area contributed by atoms with Gasteiger partial charge >= 0.3 is 0 Å². The van der Waals surface area contributed by atoms with E-state index < -0.39 is 0 Å². The zero-order valence-electron chi connectivity index (χ0n) is 15.9. The summed E-state index contributed by atoms with van der Waals surface area (Å²) in [6.45, 7) is 2.69. The van der Waals surface area contributed by atoms with Crippen LogP contribution in [0.4, 0.5) is 5.69 Å². The lowest BCUT2D eigenvalue weighted by atomic mass is 9.94. The monoisotopic (exact) mass is 380 g/mol. The minimum absolute atomic E-state index is 0.0289. The van der Waals surface area contributed by atoms with Crippen LogP contribution in [0.15, 0.2) is 41.5 Å². The third kappa shape index (κ3) is 3.41. The van der Waals surface area contributed by atoms with Crippen LogP contribution in [0.3, 0.4) is 0 Å². The van der Waals surface area contributed by atoms with Gasteiger partial charge in [0.2, 0.25) is 12.7 Å². The van der Waals surface area contributed by atoms with E-state index in [2.05, 4.69) is 0 Å². The maximum atomic E-state index is 12.8. The van der Waals surface area contributed by atoms with Crippen LogP contribution < -0.4 is 20.9 Å². The zero-order valence-corrected chi connectivity index (χ0v) is 15.9. The molecule has 1 unspecified atom stereocenters. The number of benzene rings is 2. The number of anilines is 1. The summed E-state index contributed by atoms with van der Waals surface area (Å²) < 4.78 is 11.1. The van der Waals surface area contributed by atoms with Gasteiger partial charge in [0.1, 0.15) is 0 Å². The van der Waals surface area contributed by atoms with Gasteiger partial charge in [-0.3, -0.25) is 4.79 Å². The molecule has 0 spiro atoms. The molecule has 7 nitrogen and oxygen atoms in total. The Bertz CT molecular complexity index is 924. The molecule has 4 rings (SSSR count). The number of fused-ring (bicyclic) bond motifs is 2. The Morgan fingerprint density at radius 2 is 1.93 bits per heavy atom. The summed E-state index contributed by atoms with van der Waals surface area (Å²) in [5, 5.41) is 6.39. The number of nitrogen functional groups attached to an aromatic ring is 1. The molecule has 2 aliphatic heterocycles. The third-order valence-corrected chi connectivity index (χ3v) is 5.03. The summed E-state index contributed by atoms with van der Waals surface area (Å²) in [5.41, 5.74) is 15.7. The van der Waals surface area contributed by atoms with Crippen LogP contribution in [0.5, 0.6) is 11.5 Å². The van der Waals surface area contributed by atoms with Gasteiger partial charge in [-0.2, -0.15) is 5.10 Å². The zero-order chi connectivity index (χ0) is 19.7. The normalized spacial score (nSPS) is 17.7. The quantitative estimate of drug-likeness (QED) is 0.792. The van der Waals surface area contributed by atoms with Crippen LogP contribution in [-0.2, 0) is 11.2 Å². The molecule has 4 N–H and O–H groups in total. The summed E-state index contributed by atoms with van der Waals surface area (Å²) in [5.74, 6) is 1.39. The molecule has 0 aromatic heterocycles. The fraction of sp³-hybridized carbons (Fsp3) is 0.333. The second kappa shape index (κ2) is 7.52. The van der Waals surface area contributed by atoms with Gasteiger partial charge in [-0.1, -0.05) is 12.1 Å². The Morgan fingerprint density at radius 1 is 1.21 bits per heavy atom. The molecule has 1 atom stereocenters. The van der Waals surface area contributed by atoms with Crippen molar-refractivity contribution in [2.75, 3.05) is 19.1 Å². The summed E-state index contributed by atoms with van der Waals surface area (Å²) >= 11 is 0. The number of hydrazone groups is 1. The first-order valence-corrected chi connectivity index (χ1v) is 9.46. The first-order valence-electron chi connectivity index (χ1n) is 9.46. The van der Waals surface area contributed by atoms with Crippen LogP contribution in [0.1, 0.15) is 36.5 Å². The molecule has 1 amide bonds. The van der Waals surface area contributed by atoms with Gasteiger partial charge < -0.3 is 20.9 Å². The van der Waals surface area contributed by atoms with Gasteiger partial charge in [0.15, 0.2) is 11.5 Å². The molecule has 2 aromatic carbocycles. The maximum absolute atomic E-state index is 12.8. The first-order chi connectivity index (χ1) is 13.6. The minimum Gasteiger partial charge on any atom is -0.454 e. The molecule has 0 aliphatic carbocycles. The van der Waals surface area contributed by atoms with Gasteiger partial charge in [0.25, 0.3) is 0 Å². The topological polar surface area (TPSA) is 103 Å². The summed E-state index contributed by atoms with van der Waals surface area (Å²) in [4.78, 5) is 12.8. The van der Waals surface area contributed by atoms with Gasteiger partial charge in [-0.05, 0) is 56.1 Å². The molecule has 2 heterocycles. The van der Waals surface area contributed by atoms with E-state index >= 15 is 0 Å². The highest BCUT2D eigenvalue weighted by Gasteiger charge is 2.29. The third-order valence-electron chi connectivity index (χ3n) is 5.03. The van der Waals surface area contributed by atoms with E-state index in [0.29, 0.717) is 37.2 Å². The van der Waals surface area contributed by atoms with Crippen LogP contribution in [0.2, 0.25) is 0 Å². The second-order valence-corrected chi connectivity index (χ2v) is 7.12. The van der Waals surface area contributed by atoms with Crippen molar-refractivity contribution < 1.29 is 14.3 Å². The molecule has 0 saturated heterocycles. The van der Waals surface area contributed by atoms with Crippen molar-refractivity contribution in [2.24, 2.45) is 10.8 Å². The SMILES string of the molecule is CC1Cc2cc3c(cc2C(c2ccc(N)cc2)=NN1C(=O)CCCN)OCO3. The number of nitrogens with zero attached hydrogens (tertiary/aromatic N) is 2. The average molecular weight is 380 g/mol. The van der Waals surface area contributed by atoms with Crippen molar-refractivity contribution >= 4 is 17.3 Å². The summed E-state index contributed by atoms with van der Waals surface area (Å²) in [6.07, 6.45) is 1.68. The first kappa shape index (κ1) is 18.3. The largest absolute Gasteiger partial charge is 0.454 e. The molecular weight excluding hydrogens is 356 g/mol. The van der Waals surface area contributed by atoms with Crippen molar-refractivity contribution in [3.8, 4) is 11.5 Å². The Balaban J connectivity index is 1.83. The van der Waals surface area contributed by atoms with Gasteiger partial charge in [0, 0.05) is 23.2 Å². The van der Waals surface area contributed by atoms with Crippen molar-refractivity contribution in [1.82, 2.24) is 5.01 Å². The van der Waals surface area contributed by atoms with Gasteiger partial charge in [-0.15, -0.1) is 0 Å². The fourth-order valence-electron chi connectivity index (χ4n) is 3.56. The van der Waals surface area contributed by atoms with E-state index in [-0.39, 0.29) is 18.7 Å². The Labute approximate surface area is 163 Å². The molecule has 0 bridgehead atoms. The van der Waals surface area contributed by atoms with Gasteiger partial charge in [-0.25, -0.2) is 5.01 Å². The number of nitrogens with two attached hydrogens (primary N) is 2. The van der Waals surface area contributed by atoms with E-state index in [1.165, 1.54) is 0 Å². The highest BCUT2D eigenvalue weighted by atomic mass is 16.7. The van der Waals surface area contributed by atoms with E-state index in [4.69, 9.17) is 26.0 Å². The van der Waals surface area contributed by atoms with E-state index in [0.717, 1.165) is 28.2 Å². The Hall–Kier alpha value is -3.06. The standard InChI is InChI=1S/C21H24N4O3/c1-13-9-15-10-18-19(28-12-27-18)11-17(15)21(14-4-6-16(23)7-5-14)24-25(13)20(26)3-2-8-22/h4-7,10-11,13H,2-3,8-9,12,22-23H2,1H3. The number of carbonyl (C=O) groups excluding carboxylic acids is 1. The van der Waals surface area contributed by atoms with Crippen molar-refractivity contribution in [3.05, 3.63) is 53.1 Å².